The minimum Gasteiger partial charge on any atom is -0.497 e. The van der Waals surface area contributed by atoms with Crippen molar-refractivity contribution in [2.45, 2.75) is 12.6 Å². The first-order valence-corrected chi connectivity index (χ1v) is 7.99. The summed E-state index contributed by atoms with van der Waals surface area (Å²) in [5, 5.41) is 12.5. The number of amides is 1. The summed E-state index contributed by atoms with van der Waals surface area (Å²) in [6.45, 7) is 0.367. The van der Waals surface area contributed by atoms with Crippen molar-refractivity contribution in [3.63, 3.8) is 0 Å². The zero-order valence-electron chi connectivity index (χ0n) is 14.4. The van der Waals surface area contributed by atoms with Crippen LogP contribution < -0.4 is 10.1 Å². The minimum atomic E-state index is -0.305. The zero-order chi connectivity index (χ0) is 18.2. The van der Waals surface area contributed by atoms with Crippen LogP contribution in [0.25, 0.3) is 0 Å². The summed E-state index contributed by atoms with van der Waals surface area (Å²) in [6, 6.07) is 13.1. The van der Waals surface area contributed by atoms with Gasteiger partial charge in [-0.25, -0.2) is 4.39 Å². The topological polar surface area (TPSA) is 61.8 Å². The maximum absolute atomic E-state index is 12.9. The second kappa shape index (κ2) is 9.15. The van der Waals surface area contributed by atoms with E-state index >= 15 is 0 Å². The van der Waals surface area contributed by atoms with Crippen LogP contribution in [-0.2, 0) is 11.3 Å². The molecule has 25 heavy (non-hydrogen) atoms. The number of likely N-dealkylation sites (N-methyl/N-ethyl adjacent to an activating group) is 1. The number of hydrogen-bond acceptors (Lipinski definition) is 4. The van der Waals surface area contributed by atoms with Gasteiger partial charge in [0.25, 0.3) is 0 Å². The zero-order valence-corrected chi connectivity index (χ0v) is 14.4. The summed E-state index contributed by atoms with van der Waals surface area (Å²) < 4.78 is 18.0. The molecule has 0 aliphatic rings. The number of nitrogens with one attached hydrogen (secondary N) is 1. The van der Waals surface area contributed by atoms with E-state index in [2.05, 4.69) is 5.32 Å². The van der Waals surface area contributed by atoms with Gasteiger partial charge in [0.15, 0.2) is 0 Å². The van der Waals surface area contributed by atoms with Crippen LogP contribution in [0.15, 0.2) is 48.5 Å². The molecule has 2 aromatic carbocycles. The van der Waals surface area contributed by atoms with E-state index in [1.165, 1.54) is 12.1 Å². The van der Waals surface area contributed by atoms with Crippen molar-refractivity contribution in [2.75, 3.05) is 27.3 Å². The van der Waals surface area contributed by atoms with E-state index in [0.717, 1.165) is 16.9 Å². The van der Waals surface area contributed by atoms with Crippen LogP contribution in [-0.4, -0.2) is 43.2 Å². The smallest absolute Gasteiger partial charge is 0.234 e. The molecule has 2 rings (SSSR count). The lowest BCUT2D eigenvalue weighted by Gasteiger charge is -2.26. The highest BCUT2D eigenvalue weighted by Gasteiger charge is 2.18. The molecule has 0 spiro atoms. The quantitative estimate of drug-likeness (QED) is 0.769. The van der Waals surface area contributed by atoms with Gasteiger partial charge in [0.1, 0.15) is 11.6 Å². The minimum absolute atomic E-state index is 0.103. The molecule has 2 aromatic rings. The fourth-order valence-electron chi connectivity index (χ4n) is 2.52. The van der Waals surface area contributed by atoms with Gasteiger partial charge in [-0.05, 0) is 42.4 Å². The summed E-state index contributed by atoms with van der Waals surface area (Å²) in [4.78, 5) is 13.9. The number of carbonyl (C=O) groups is 1. The third kappa shape index (κ3) is 5.55. The Hall–Kier alpha value is -2.44. The fourth-order valence-corrected chi connectivity index (χ4v) is 2.52. The molecule has 1 unspecified atom stereocenters. The van der Waals surface area contributed by atoms with Crippen LogP contribution in [0.3, 0.4) is 0 Å². The molecule has 0 saturated heterocycles. The number of nitrogens with zero attached hydrogens (tertiary/aromatic N) is 1. The Morgan fingerprint density at radius 3 is 2.40 bits per heavy atom. The van der Waals surface area contributed by atoms with Gasteiger partial charge in [0.05, 0.1) is 26.3 Å². The molecule has 6 heteroatoms. The highest BCUT2D eigenvalue weighted by molar-refractivity contribution is 5.78. The first kappa shape index (κ1) is 18.9. The molecular formula is C19H23FN2O3. The number of rotatable bonds is 8. The van der Waals surface area contributed by atoms with Gasteiger partial charge in [-0.1, -0.05) is 24.3 Å². The Morgan fingerprint density at radius 2 is 1.84 bits per heavy atom. The highest BCUT2D eigenvalue weighted by atomic mass is 19.1. The van der Waals surface area contributed by atoms with E-state index in [1.807, 2.05) is 24.3 Å². The van der Waals surface area contributed by atoms with Gasteiger partial charge in [0.2, 0.25) is 5.91 Å². The summed E-state index contributed by atoms with van der Waals surface area (Å²) >= 11 is 0. The van der Waals surface area contributed by atoms with Crippen molar-refractivity contribution in [1.29, 1.82) is 0 Å². The monoisotopic (exact) mass is 346 g/mol. The van der Waals surface area contributed by atoms with Crippen LogP contribution in [0, 0.1) is 5.82 Å². The van der Waals surface area contributed by atoms with E-state index in [-0.39, 0.29) is 30.9 Å². The van der Waals surface area contributed by atoms with Crippen molar-refractivity contribution in [2.24, 2.45) is 0 Å². The maximum Gasteiger partial charge on any atom is 0.234 e. The molecule has 134 valence electrons. The Balaban J connectivity index is 1.90. The van der Waals surface area contributed by atoms with Crippen LogP contribution in [0.4, 0.5) is 4.39 Å². The standard InChI is InChI=1S/C19H23FN2O3/c1-22(18(13-23)15-5-9-17(25-2)10-6-15)12-19(24)21-11-14-3-7-16(20)8-4-14/h3-10,18,23H,11-13H2,1-2H3,(H,21,24). The number of hydrogen-bond donors (Lipinski definition) is 2. The summed E-state index contributed by atoms with van der Waals surface area (Å²) in [7, 11) is 3.37. The van der Waals surface area contributed by atoms with Gasteiger partial charge in [-0.3, -0.25) is 9.69 Å². The predicted molar refractivity (Wildman–Crippen MR) is 93.7 cm³/mol. The Bertz CT molecular complexity index is 674. The molecule has 0 heterocycles. The van der Waals surface area contributed by atoms with Gasteiger partial charge in [-0.2, -0.15) is 0 Å². The summed E-state index contributed by atoms with van der Waals surface area (Å²) in [6.07, 6.45) is 0. The van der Waals surface area contributed by atoms with Gasteiger partial charge in [0, 0.05) is 6.54 Å². The lowest BCUT2D eigenvalue weighted by Crippen LogP contribution is -2.38. The van der Waals surface area contributed by atoms with Crippen LogP contribution >= 0.6 is 0 Å². The number of methoxy groups -OCH3 is 1. The molecule has 1 atom stereocenters. The van der Waals surface area contributed by atoms with Crippen molar-refractivity contribution in [3.8, 4) is 5.75 Å². The lowest BCUT2D eigenvalue weighted by molar-refractivity contribution is -0.122. The highest BCUT2D eigenvalue weighted by Crippen LogP contribution is 2.21. The molecule has 0 aliphatic carbocycles. The largest absolute Gasteiger partial charge is 0.497 e. The molecule has 0 bridgehead atoms. The molecule has 0 aromatic heterocycles. The number of halogens is 1. The number of carbonyl (C=O) groups excluding carboxylic acids is 1. The second-order valence-corrected chi connectivity index (χ2v) is 5.79. The lowest BCUT2D eigenvalue weighted by atomic mass is 10.1. The van der Waals surface area contributed by atoms with Crippen molar-refractivity contribution in [3.05, 3.63) is 65.5 Å². The van der Waals surface area contributed by atoms with Crippen molar-refractivity contribution >= 4 is 5.91 Å². The van der Waals surface area contributed by atoms with E-state index in [0.29, 0.717) is 6.54 Å². The number of benzene rings is 2. The van der Waals surface area contributed by atoms with Crippen LogP contribution in [0.5, 0.6) is 5.75 Å². The third-order valence-corrected chi connectivity index (χ3v) is 4.00. The molecule has 0 fully saturated rings. The van der Waals surface area contributed by atoms with Crippen molar-refractivity contribution < 1.29 is 19.0 Å². The van der Waals surface area contributed by atoms with E-state index < -0.39 is 0 Å². The number of ether oxygens (including phenoxy) is 1. The summed E-state index contributed by atoms with van der Waals surface area (Å²) in [5.74, 6) is 0.263. The SMILES string of the molecule is COc1ccc(C(CO)N(C)CC(=O)NCc2ccc(F)cc2)cc1. The Labute approximate surface area is 147 Å². The van der Waals surface area contributed by atoms with Gasteiger partial charge in [-0.15, -0.1) is 0 Å². The molecule has 0 aliphatic heterocycles. The van der Waals surface area contributed by atoms with Crippen LogP contribution in [0.2, 0.25) is 0 Å². The predicted octanol–water partition coefficient (Wildman–Crippen LogP) is 2.12. The Morgan fingerprint density at radius 1 is 1.20 bits per heavy atom. The Kier molecular flexibility index (Phi) is 6.91. The van der Waals surface area contributed by atoms with Gasteiger partial charge >= 0.3 is 0 Å². The fraction of sp³-hybridized carbons (Fsp3) is 0.316. The summed E-state index contributed by atoms with van der Waals surface area (Å²) in [5.41, 5.74) is 1.73. The van der Waals surface area contributed by atoms with E-state index in [9.17, 15) is 14.3 Å². The molecule has 2 N–H and O–H groups in total. The first-order valence-electron chi connectivity index (χ1n) is 7.99. The van der Waals surface area contributed by atoms with E-state index in [1.54, 1.807) is 31.2 Å². The van der Waals surface area contributed by atoms with E-state index in [4.69, 9.17) is 4.74 Å². The van der Waals surface area contributed by atoms with Gasteiger partial charge < -0.3 is 15.2 Å². The number of aliphatic hydroxyl groups is 1. The number of aliphatic hydroxyl groups excluding tert-OH is 1. The molecular weight excluding hydrogens is 323 g/mol. The normalized spacial score (nSPS) is 12.0. The van der Waals surface area contributed by atoms with Crippen molar-refractivity contribution in [1.82, 2.24) is 10.2 Å². The average Bonchev–Trinajstić information content (AvgIpc) is 2.62. The molecule has 5 nitrogen and oxygen atoms in total. The molecule has 0 radical (unpaired) electrons. The second-order valence-electron chi connectivity index (χ2n) is 5.79. The average molecular weight is 346 g/mol. The molecule has 1 amide bonds. The maximum atomic E-state index is 12.9. The first-order chi connectivity index (χ1) is 12.0. The third-order valence-electron chi connectivity index (χ3n) is 4.00. The molecule has 0 saturated carbocycles. The van der Waals surface area contributed by atoms with Crippen LogP contribution in [0.1, 0.15) is 17.2 Å².